The quantitative estimate of drug-likeness (QED) is 0.595. The van der Waals surface area contributed by atoms with E-state index in [1.165, 1.54) is 44.9 Å². The highest BCUT2D eigenvalue weighted by Gasteiger charge is 2.34. The molecule has 1 fully saturated rings. The van der Waals surface area contributed by atoms with E-state index in [-0.39, 0.29) is 0 Å². The minimum absolute atomic E-state index is 0.335. The van der Waals surface area contributed by atoms with Crippen LogP contribution in [0.25, 0.3) is 0 Å². The molecular weight excluding hydrogens is 196 g/mol. The molecule has 0 radical (unpaired) electrons. The zero-order valence-corrected chi connectivity index (χ0v) is 10.3. The van der Waals surface area contributed by atoms with Gasteiger partial charge in [-0.25, -0.2) is 0 Å². The fourth-order valence-corrected chi connectivity index (χ4v) is 2.87. The van der Waals surface area contributed by atoms with Gasteiger partial charge < -0.3 is 0 Å². The van der Waals surface area contributed by atoms with Crippen molar-refractivity contribution < 1.29 is 4.79 Å². The average Bonchev–Trinajstić information content (AvgIpc) is 3.01. The Hall–Kier alpha value is -0.590. The van der Waals surface area contributed by atoms with Crippen molar-refractivity contribution in [3.8, 4) is 0 Å². The molecule has 2 aliphatic carbocycles. The van der Waals surface area contributed by atoms with Crippen LogP contribution in [-0.4, -0.2) is 5.78 Å². The molecule has 0 spiro atoms. The van der Waals surface area contributed by atoms with Crippen molar-refractivity contribution in [1.82, 2.24) is 0 Å². The largest absolute Gasteiger partial charge is 0.295 e. The Labute approximate surface area is 99.3 Å². The highest BCUT2D eigenvalue weighted by Crippen LogP contribution is 2.45. The Balaban J connectivity index is 1.74. The van der Waals surface area contributed by atoms with Gasteiger partial charge in [0.2, 0.25) is 0 Å². The summed E-state index contributed by atoms with van der Waals surface area (Å²) in [5.74, 6) is 2.45. The lowest BCUT2D eigenvalue weighted by Gasteiger charge is -2.02. The van der Waals surface area contributed by atoms with Crippen molar-refractivity contribution >= 4 is 5.78 Å². The first-order chi connectivity index (χ1) is 7.86. The van der Waals surface area contributed by atoms with E-state index < -0.39 is 0 Å². The molecule has 2 aliphatic rings. The van der Waals surface area contributed by atoms with Gasteiger partial charge in [0.1, 0.15) is 0 Å². The van der Waals surface area contributed by atoms with Gasteiger partial charge in [-0.15, -0.1) is 0 Å². The molecule has 1 saturated carbocycles. The van der Waals surface area contributed by atoms with Gasteiger partial charge in [0.15, 0.2) is 5.78 Å². The number of rotatable bonds is 0. The van der Waals surface area contributed by atoms with Crippen molar-refractivity contribution in [2.24, 2.45) is 11.8 Å². The summed E-state index contributed by atoms with van der Waals surface area (Å²) in [7, 11) is 0. The lowest BCUT2D eigenvalue weighted by molar-refractivity contribution is -0.114. The van der Waals surface area contributed by atoms with Gasteiger partial charge in [0, 0.05) is 6.42 Å². The lowest BCUT2D eigenvalue weighted by Crippen LogP contribution is -1.93. The lowest BCUT2D eigenvalue weighted by atomic mass is 10.0. The summed E-state index contributed by atoms with van der Waals surface area (Å²) in [4.78, 5) is 11.4. The zero-order chi connectivity index (χ0) is 11.2. The van der Waals surface area contributed by atoms with Crippen LogP contribution in [0.4, 0.5) is 0 Å². The van der Waals surface area contributed by atoms with Crippen molar-refractivity contribution in [2.75, 3.05) is 0 Å². The van der Waals surface area contributed by atoms with Crippen molar-refractivity contribution in [2.45, 2.75) is 64.2 Å². The number of carbonyl (C=O) groups excluding carboxylic acids is 1. The fourth-order valence-electron chi connectivity index (χ4n) is 2.87. The predicted molar refractivity (Wildman–Crippen MR) is 67.3 cm³/mol. The first kappa shape index (κ1) is 11.9. The first-order valence-corrected chi connectivity index (χ1v) is 7.05. The van der Waals surface area contributed by atoms with Crippen LogP contribution in [0.2, 0.25) is 0 Å². The standard InChI is InChI=1S/C15H24O/c16-15-10-6-2-1-4-8-13-12-14(13)9-5-3-7-11-15/h6,10,13-14H,1-5,7-9,11-12H2/b10-6+. The van der Waals surface area contributed by atoms with Crippen LogP contribution in [0.15, 0.2) is 12.2 Å². The van der Waals surface area contributed by atoms with Gasteiger partial charge in [0.25, 0.3) is 0 Å². The molecule has 0 heterocycles. The topological polar surface area (TPSA) is 17.1 Å². The maximum atomic E-state index is 11.4. The SMILES string of the molecule is O=C1/C=C/CCCCC2CC2CCCCC1. The highest BCUT2D eigenvalue weighted by molar-refractivity contribution is 5.89. The number of allylic oxidation sites excluding steroid dienone is 2. The summed E-state index contributed by atoms with van der Waals surface area (Å²) in [6.45, 7) is 0. The van der Waals surface area contributed by atoms with Crippen molar-refractivity contribution in [3.05, 3.63) is 12.2 Å². The Morgan fingerprint density at radius 1 is 0.938 bits per heavy atom. The number of fused-ring (bicyclic) bond motifs is 1. The van der Waals surface area contributed by atoms with Crippen molar-refractivity contribution in [1.29, 1.82) is 0 Å². The third kappa shape index (κ3) is 4.11. The van der Waals surface area contributed by atoms with E-state index in [4.69, 9.17) is 0 Å². The second kappa shape index (κ2) is 6.22. The van der Waals surface area contributed by atoms with E-state index >= 15 is 0 Å². The molecule has 0 N–H and O–H groups in total. The van der Waals surface area contributed by atoms with Crippen LogP contribution in [0.5, 0.6) is 0 Å². The summed E-state index contributed by atoms with van der Waals surface area (Å²) < 4.78 is 0. The maximum absolute atomic E-state index is 11.4. The van der Waals surface area contributed by atoms with Crippen LogP contribution in [0.1, 0.15) is 64.2 Å². The minimum atomic E-state index is 0.335. The summed E-state index contributed by atoms with van der Waals surface area (Å²) in [5, 5.41) is 0. The molecule has 0 bridgehead atoms. The van der Waals surface area contributed by atoms with Crippen LogP contribution >= 0.6 is 0 Å². The summed E-state index contributed by atoms with van der Waals surface area (Å²) in [6, 6.07) is 0. The van der Waals surface area contributed by atoms with E-state index in [0.717, 1.165) is 31.1 Å². The molecule has 0 aliphatic heterocycles. The molecule has 0 amide bonds. The minimum Gasteiger partial charge on any atom is -0.295 e. The third-order valence-corrected chi connectivity index (χ3v) is 4.07. The van der Waals surface area contributed by atoms with Gasteiger partial charge in [-0.05, 0) is 43.6 Å². The molecule has 0 aromatic rings. The molecule has 0 aromatic carbocycles. The Bertz CT molecular complexity index is 254. The molecule has 2 unspecified atom stereocenters. The molecule has 1 heteroatoms. The fraction of sp³-hybridized carbons (Fsp3) is 0.800. The van der Waals surface area contributed by atoms with Crippen molar-refractivity contribution in [3.63, 3.8) is 0 Å². The van der Waals surface area contributed by atoms with Gasteiger partial charge in [0.05, 0.1) is 0 Å². The van der Waals surface area contributed by atoms with Gasteiger partial charge >= 0.3 is 0 Å². The van der Waals surface area contributed by atoms with E-state index in [1.807, 2.05) is 6.08 Å². The highest BCUT2D eigenvalue weighted by atomic mass is 16.1. The third-order valence-electron chi connectivity index (χ3n) is 4.07. The molecule has 1 nitrogen and oxygen atoms in total. The van der Waals surface area contributed by atoms with Gasteiger partial charge in [-0.2, -0.15) is 0 Å². The second-order valence-electron chi connectivity index (χ2n) is 5.51. The van der Waals surface area contributed by atoms with E-state index in [1.54, 1.807) is 0 Å². The van der Waals surface area contributed by atoms with E-state index in [2.05, 4.69) is 6.08 Å². The summed E-state index contributed by atoms with van der Waals surface area (Å²) in [5.41, 5.74) is 0. The maximum Gasteiger partial charge on any atom is 0.155 e. The molecule has 16 heavy (non-hydrogen) atoms. The normalized spacial score (nSPS) is 34.9. The zero-order valence-electron chi connectivity index (χ0n) is 10.3. The summed E-state index contributed by atoms with van der Waals surface area (Å²) >= 11 is 0. The average molecular weight is 220 g/mol. The van der Waals surface area contributed by atoms with Crippen LogP contribution in [-0.2, 0) is 4.79 Å². The molecule has 2 atom stereocenters. The number of carbonyl (C=O) groups is 1. The number of hydrogen-bond donors (Lipinski definition) is 0. The smallest absolute Gasteiger partial charge is 0.155 e. The van der Waals surface area contributed by atoms with Crippen LogP contribution in [0.3, 0.4) is 0 Å². The predicted octanol–water partition coefficient (Wildman–Crippen LogP) is 4.27. The van der Waals surface area contributed by atoms with Crippen LogP contribution < -0.4 is 0 Å². The molecule has 90 valence electrons. The first-order valence-electron chi connectivity index (χ1n) is 7.05. The Morgan fingerprint density at radius 3 is 2.50 bits per heavy atom. The number of hydrogen-bond acceptors (Lipinski definition) is 1. The molecule has 2 rings (SSSR count). The molecule has 0 aromatic heterocycles. The van der Waals surface area contributed by atoms with Crippen LogP contribution in [0, 0.1) is 11.8 Å². The molecule has 0 saturated heterocycles. The monoisotopic (exact) mass is 220 g/mol. The van der Waals surface area contributed by atoms with Gasteiger partial charge in [-0.3, -0.25) is 4.79 Å². The second-order valence-corrected chi connectivity index (χ2v) is 5.51. The Kier molecular flexibility index (Phi) is 4.62. The van der Waals surface area contributed by atoms with E-state index in [9.17, 15) is 4.79 Å². The molecular formula is C15H24O. The number of ketones is 1. The Morgan fingerprint density at radius 2 is 1.69 bits per heavy atom. The van der Waals surface area contributed by atoms with Gasteiger partial charge in [-0.1, -0.05) is 38.2 Å². The summed E-state index contributed by atoms with van der Waals surface area (Å²) in [6.07, 6.45) is 16.4. The van der Waals surface area contributed by atoms with E-state index in [0.29, 0.717) is 5.78 Å².